The van der Waals surface area contributed by atoms with E-state index in [1.165, 1.54) is 10.5 Å². The van der Waals surface area contributed by atoms with Gasteiger partial charge in [0, 0.05) is 16.3 Å². The molecule has 0 bridgehead atoms. The highest BCUT2D eigenvalue weighted by atomic mass is 32.2. The number of rotatable bonds is 8. The molecule has 0 heterocycles. The fourth-order valence-electron chi connectivity index (χ4n) is 2.96. The Bertz CT molecular complexity index is 939. The standard InChI is InChI=1S/C25H27NO2S/c1-4-24(28-21-13-10-18(2)11-14-21)25(27)26-23-15-12-20(16-19(23)3)17-29-22-8-6-5-7-9-22/h5-16,24H,4,17H2,1-3H3,(H,26,27)/t24-/m0/s1. The summed E-state index contributed by atoms with van der Waals surface area (Å²) in [5.41, 5.74) is 4.28. The Morgan fingerprint density at radius 1 is 1.00 bits per heavy atom. The van der Waals surface area contributed by atoms with E-state index in [-0.39, 0.29) is 5.91 Å². The number of benzene rings is 3. The van der Waals surface area contributed by atoms with Crippen molar-refractivity contribution in [2.24, 2.45) is 0 Å². The van der Waals surface area contributed by atoms with Gasteiger partial charge in [-0.1, -0.05) is 55.0 Å². The van der Waals surface area contributed by atoms with Crippen molar-refractivity contribution < 1.29 is 9.53 Å². The Morgan fingerprint density at radius 2 is 1.72 bits per heavy atom. The Labute approximate surface area is 177 Å². The molecule has 0 saturated heterocycles. The quantitative estimate of drug-likeness (QED) is 0.441. The highest BCUT2D eigenvalue weighted by molar-refractivity contribution is 7.98. The monoisotopic (exact) mass is 405 g/mol. The van der Waals surface area contributed by atoms with Crippen LogP contribution in [0.5, 0.6) is 5.75 Å². The van der Waals surface area contributed by atoms with Gasteiger partial charge in [-0.25, -0.2) is 0 Å². The van der Waals surface area contributed by atoms with Crippen molar-refractivity contribution in [3.8, 4) is 5.75 Å². The average molecular weight is 406 g/mol. The third kappa shape index (κ3) is 6.13. The van der Waals surface area contributed by atoms with Crippen molar-refractivity contribution >= 4 is 23.4 Å². The van der Waals surface area contributed by atoms with Crippen LogP contribution in [0.2, 0.25) is 0 Å². The molecule has 0 saturated carbocycles. The summed E-state index contributed by atoms with van der Waals surface area (Å²) in [5, 5.41) is 3.02. The van der Waals surface area contributed by atoms with E-state index < -0.39 is 6.10 Å². The maximum absolute atomic E-state index is 12.7. The molecule has 0 fully saturated rings. The second-order valence-corrected chi connectivity index (χ2v) is 8.12. The summed E-state index contributed by atoms with van der Waals surface area (Å²) in [6.45, 7) is 6.00. The van der Waals surface area contributed by atoms with Gasteiger partial charge in [0.05, 0.1) is 0 Å². The Hall–Kier alpha value is -2.72. The highest BCUT2D eigenvalue weighted by Gasteiger charge is 2.19. The number of ether oxygens (including phenoxy) is 1. The predicted molar refractivity (Wildman–Crippen MR) is 122 cm³/mol. The molecule has 1 amide bonds. The molecule has 0 aliphatic heterocycles. The van der Waals surface area contributed by atoms with Crippen LogP contribution in [-0.4, -0.2) is 12.0 Å². The number of nitrogens with one attached hydrogen (secondary N) is 1. The summed E-state index contributed by atoms with van der Waals surface area (Å²) in [7, 11) is 0. The molecule has 0 unspecified atom stereocenters. The fraction of sp³-hybridized carbons (Fsp3) is 0.240. The van der Waals surface area contributed by atoms with E-state index in [1.807, 2.05) is 57.2 Å². The van der Waals surface area contributed by atoms with Gasteiger partial charge in [0.1, 0.15) is 5.75 Å². The van der Waals surface area contributed by atoms with E-state index >= 15 is 0 Å². The van der Waals surface area contributed by atoms with Crippen molar-refractivity contribution in [3.05, 3.63) is 89.5 Å². The zero-order valence-corrected chi connectivity index (χ0v) is 18.0. The van der Waals surface area contributed by atoms with Crippen LogP contribution in [0, 0.1) is 13.8 Å². The zero-order valence-electron chi connectivity index (χ0n) is 17.1. The molecule has 0 spiro atoms. The van der Waals surface area contributed by atoms with Crippen molar-refractivity contribution in [1.29, 1.82) is 0 Å². The first-order valence-corrected chi connectivity index (χ1v) is 10.9. The van der Waals surface area contributed by atoms with Crippen molar-refractivity contribution in [3.63, 3.8) is 0 Å². The minimum atomic E-state index is -0.523. The van der Waals surface area contributed by atoms with Crippen LogP contribution in [0.1, 0.15) is 30.0 Å². The van der Waals surface area contributed by atoms with Gasteiger partial charge >= 0.3 is 0 Å². The van der Waals surface area contributed by atoms with Crippen molar-refractivity contribution in [2.45, 2.75) is 43.9 Å². The summed E-state index contributed by atoms with van der Waals surface area (Å²) in [6, 6.07) is 24.3. The van der Waals surface area contributed by atoms with Crippen molar-refractivity contribution in [2.75, 3.05) is 5.32 Å². The molecule has 0 radical (unpaired) electrons. The average Bonchev–Trinajstić information content (AvgIpc) is 2.74. The highest BCUT2D eigenvalue weighted by Crippen LogP contribution is 2.25. The first-order chi connectivity index (χ1) is 14.0. The molecule has 0 aromatic heterocycles. The van der Waals surface area contributed by atoms with Crippen LogP contribution >= 0.6 is 11.8 Å². The maximum Gasteiger partial charge on any atom is 0.265 e. The van der Waals surface area contributed by atoms with E-state index in [0.29, 0.717) is 12.2 Å². The molecule has 1 N–H and O–H groups in total. The minimum absolute atomic E-state index is 0.123. The Kier molecular flexibility index (Phi) is 7.36. The third-order valence-corrected chi connectivity index (χ3v) is 5.74. The van der Waals surface area contributed by atoms with Gasteiger partial charge in [-0.05, 0) is 61.7 Å². The van der Waals surface area contributed by atoms with E-state index in [9.17, 15) is 4.79 Å². The van der Waals surface area contributed by atoms with Gasteiger partial charge < -0.3 is 10.1 Å². The van der Waals surface area contributed by atoms with Crippen LogP contribution < -0.4 is 10.1 Å². The largest absolute Gasteiger partial charge is 0.481 e. The molecule has 3 aromatic carbocycles. The predicted octanol–water partition coefficient (Wildman–Crippen LogP) is 6.39. The lowest BCUT2D eigenvalue weighted by Crippen LogP contribution is -2.32. The molecule has 0 aliphatic carbocycles. The molecule has 3 aromatic rings. The summed E-state index contributed by atoms with van der Waals surface area (Å²) in [4.78, 5) is 14.0. The zero-order chi connectivity index (χ0) is 20.6. The summed E-state index contributed by atoms with van der Waals surface area (Å²) in [6.07, 6.45) is 0.0790. The van der Waals surface area contributed by atoms with Gasteiger partial charge in [-0.3, -0.25) is 4.79 Å². The molecular weight excluding hydrogens is 378 g/mol. The molecule has 1 atom stereocenters. The Balaban J connectivity index is 1.60. The van der Waals surface area contributed by atoms with Gasteiger partial charge in [0.15, 0.2) is 6.10 Å². The van der Waals surface area contributed by atoms with Gasteiger partial charge in [-0.15, -0.1) is 11.8 Å². The van der Waals surface area contributed by atoms with Gasteiger partial charge in [0.25, 0.3) is 5.91 Å². The van der Waals surface area contributed by atoms with Crippen LogP contribution in [0.3, 0.4) is 0 Å². The Morgan fingerprint density at radius 3 is 2.38 bits per heavy atom. The maximum atomic E-state index is 12.7. The number of hydrogen-bond donors (Lipinski definition) is 1. The molecule has 4 heteroatoms. The lowest BCUT2D eigenvalue weighted by atomic mass is 10.1. The molecule has 3 rings (SSSR count). The van der Waals surface area contributed by atoms with E-state index in [1.54, 1.807) is 11.8 Å². The number of hydrogen-bond acceptors (Lipinski definition) is 3. The number of anilines is 1. The van der Waals surface area contributed by atoms with Crippen LogP contribution in [-0.2, 0) is 10.5 Å². The van der Waals surface area contributed by atoms with Gasteiger partial charge in [0.2, 0.25) is 0 Å². The molecule has 29 heavy (non-hydrogen) atoms. The molecule has 0 aliphatic rings. The smallest absolute Gasteiger partial charge is 0.265 e. The SMILES string of the molecule is CC[C@H](Oc1ccc(C)cc1)C(=O)Nc1ccc(CSc2ccccc2)cc1C. The minimum Gasteiger partial charge on any atom is -0.481 e. The number of aryl methyl sites for hydroxylation is 2. The lowest BCUT2D eigenvalue weighted by Gasteiger charge is -2.18. The first kappa shape index (κ1) is 21.0. The molecular formula is C25H27NO2S. The second-order valence-electron chi connectivity index (χ2n) is 7.07. The van der Waals surface area contributed by atoms with Gasteiger partial charge in [-0.2, -0.15) is 0 Å². The molecule has 3 nitrogen and oxygen atoms in total. The summed E-state index contributed by atoms with van der Waals surface area (Å²) >= 11 is 1.81. The first-order valence-electron chi connectivity index (χ1n) is 9.86. The van der Waals surface area contributed by atoms with Crippen LogP contribution in [0.25, 0.3) is 0 Å². The normalized spacial score (nSPS) is 11.7. The summed E-state index contributed by atoms with van der Waals surface area (Å²) in [5.74, 6) is 1.48. The number of amides is 1. The third-order valence-electron chi connectivity index (χ3n) is 4.66. The number of thioether (sulfide) groups is 1. The van der Waals surface area contributed by atoms with E-state index in [2.05, 4.69) is 41.7 Å². The number of carbonyl (C=O) groups is 1. The van der Waals surface area contributed by atoms with E-state index in [0.717, 1.165) is 22.6 Å². The van der Waals surface area contributed by atoms with Crippen LogP contribution in [0.15, 0.2) is 77.7 Å². The molecule has 150 valence electrons. The topological polar surface area (TPSA) is 38.3 Å². The van der Waals surface area contributed by atoms with Crippen molar-refractivity contribution in [1.82, 2.24) is 0 Å². The number of carbonyl (C=O) groups excluding carboxylic acids is 1. The lowest BCUT2D eigenvalue weighted by molar-refractivity contribution is -0.122. The fourth-order valence-corrected chi connectivity index (χ4v) is 3.82. The van der Waals surface area contributed by atoms with E-state index in [4.69, 9.17) is 4.74 Å². The van der Waals surface area contributed by atoms with Crippen LogP contribution in [0.4, 0.5) is 5.69 Å². The second kappa shape index (κ2) is 10.2. The summed E-state index contributed by atoms with van der Waals surface area (Å²) < 4.78 is 5.89.